The van der Waals surface area contributed by atoms with E-state index in [0.29, 0.717) is 11.6 Å². The van der Waals surface area contributed by atoms with Crippen LogP contribution in [-0.4, -0.2) is 43.3 Å². The fourth-order valence-corrected chi connectivity index (χ4v) is 3.88. The molecular formula is C24H26ClN5O. The summed E-state index contributed by atoms with van der Waals surface area (Å²) < 4.78 is 0. The Kier molecular flexibility index (Phi) is 6.37. The molecule has 1 amide bonds. The number of halogens is 1. The zero-order chi connectivity index (χ0) is 21.8. The Morgan fingerprint density at radius 3 is 2.42 bits per heavy atom. The van der Waals surface area contributed by atoms with Crippen LogP contribution in [0.4, 0.5) is 17.2 Å². The standard InChI is InChI=1S/C24H26ClN5O/c1-29(2)21-11-9-20(10-12-21)26-24(31)18-4-3-15-30(16-18)23-14-13-22(27-28-23)17-5-7-19(25)8-6-17/h5-14,18H,3-4,15-16H2,1-2H3,(H,26,31). The van der Waals surface area contributed by atoms with Gasteiger partial charge in [-0.15, -0.1) is 10.2 Å². The first-order valence-electron chi connectivity index (χ1n) is 10.4. The van der Waals surface area contributed by atoms with E-state index >= 15 is 0 Å². The van der Waals surface area contributed by atoms with E-state index in [1.807, 2.05) is 79.7 Å². The Hall–Kier alpha value is -3.12. The van der Waals surface area contributed by atoms with Gasteiger partial charge in [-0.25, -0.2) is 0 Å². The minimum absolute atomic E-state index is 0.0491. The van der Waals surface area contributed by atoms with Crippen molar-refractivity contribution in [1.82, 2.24) is 10.2 Å². The van der Waals surface area contributed by atoms with Crippen LogP contribution in [0.1, 0.15) is 12.8 Å². The number of piperidine rings is 1. The Morgan fingerprint density at radius 2 is 1.77 bits per heavy atom. The van der Waals surface area contributed by atoms with Crippen LogP contribution in [-0.2, 0) is 4.79 Å². The van der Waals surface area contributed by atoms with Gasteiger partial charge in [-0.2, -0.15) is 0 Å². The minimum Gasteiger partial charge on any atom is -0.378 e. The first kappa shape index (κ1) is 21.1. The zero-order valence-electron chi connectivity index (χ0n) is 17.8. The number of rotatable bonds is 5. The molecule has 4 rings (SSSR count). The summed E-state index contributed by atoms with van der Waals surface area (Å²) in [6.07, 6.45) is 1.81. The van der Waals surface area contributed by atoms with Crippen LogP contribution >= 0.6 is 11.6 Å². The maximum Gasteiger partial charge on any atom is 0.229 e. The largest absolute Gasteiger partial charge is 0.378 e. The van der Waals surface area contributed by atoms with Crippen LogP contribution in [0.25, 0.3) is 11.3 Å². The lowest BCUT2D eigenvalue weighted by molar-refractivity contribution is -0.120. The monoisotopic (exact) mass is 435 g/mol. The van der Waals surface area contributed by atoms with Gasteiger partial charge in [0.15, 0.2) is 5.82 Å². The maximum absolute atomic E-state index is 12.8. The lowest BCUT2D eigenvalue weighted by Gasteiger charge is -2.32. The van der Waals surface area contributed by atoms with Gasteiger partial charge in [0.2, 0.25) is 5.91 Å². The van der Waals surface area contributed by atoms with Crippen LogP contribution in [0, 0.1) is 5.92 Å². The number of nitrogens with zero attached hydrogens (tertiary/aromatic N) is 4. The maximum atomic E-state index is 12.8. The first-order valence-corrected chi connectivity index (χ1v) is 10.8. The number of aromatic nitrogens is 2. The lowest BCUT2D eigenvalue weighted by Crippen LogP contribution is -2.41. The van der Waals surface area contributed by atoms with Crippen molar-refractivity contribution in [3.05, 3.63) is 65.7 Å². The highest BCUT2D eigenvalue weighted by atomic mass is 35.5. The number of hydrogen-bond donors (Lipinski definition) is 1. The summed E-state index contributed by atoms with van der Waals surface area (Å²) in [5.74, 6) is 0.763. The summed E-state index contributed by atoms with van der Waals surface area (Å²) in [6.45, 7) is 1.51. The summed E-state index contributed by atoms with van der Waals surface area (Å²) in [4.78, 5) is 17.0. The molecule has 2 aromatic carbocycles. The number of amides is 1. The molecule has 1 saturated heterocycles. The smallest absolute Gasteiger partial charge is 0.229 e. The van der Waals surface area contributed by atoms with Gasteiger partial charge < -0.3 is 15.1 Å². The summed E-state index contributed by atoms with van der Waals surface area (Å²) in [5, 5.41) is 12.5. The predicted octanol–water partition coefficient (Wildman–Crippen LogP) is 4.72. The fourth-order valence-electron chi connectivity index (χ4n) is 3.75. The third kappa shape index (κ3) is 5.14. The van der Waals surface area contributed by atoms with E-state index in [1.54, 1.807) is 0 Å². The van der Waals surface area contributed by atoms with E-state index in [4.69, 9.17) is 11.6 Å². The Labute approximate surface area is 187 Å². The summed E-state index contributed by atoms with van der Waals surface area (Å²) in [7, 11) is 3.99. The van der Waals surface area contributed by atoms with E-state index in [2.05, 4.69) is 20.4 Å². The van der Waals surface area contributed by atoms with Crippen LogP contribution in [0.5, 0.6) is 0 Å². The van der Waals surface area contributed by atoms with Gasteiger partial charge in [0.25, 0.3) is 0 Å². The van der Waals surface area contributed by atoms with Gasteiger partial charge in [-0.1, -0.05) is 23.7 Å². The van der Waals surface area contributed by atoms with E-state index in [1.165, 1.54) is 0 Å². The number of anilines is 3. The second-order valence-corrected chi connectivity index (χ2v) is 8.44. The topological polar surface area (TPSA) is 61.4 Å². The molecule has 0 radical (unpaired) electrons. The average Bonchev–Trinajstić information content (AvgIpc) is 2.80. The van der Waals surface area contributed by atoms with Gasteiger partial charge in [-0.05, 0) is 61.4 Å². The number of carbonyl (C=O) groups excluding carboxylic acids is 1. The summed E-state index contributed by atoms with van der Waals surface area (Å²) in [6, 6.07) is 19.4. The molecule has 1 aliphatic heterocycles. The normalized spacial score (nSPS) is 16.1. The third-order valence-corrected chi connectivity index (χ3v) is 5.81. The molecule has 1 fully saturated rings. The van der Waals surface area contributed by atoms with Crippen LogP contribution in [0.2, 0.25) is 5.02 Å². The summed E-state index contributed by atoms with van der Waals surface area (Å²) in [5.41, 5.74) is 3.69. The number of nitrogens with one attached hydrogen (secondary N) is 1. The molecule has 1 aliphatic rings. The molecule has 3 aromatic rings. The van der Waals surface area contributed by atoms with Crippen molar-refractivity contribution in [2.45, 2.75) is 12.8 Å². The highest BCUT2D eigenvalue weighted by Gasteiger charge is 2.27. The fraction of sp³-hybridized carbons (Fsp3) is 0.292. The van der Waals surface area contributed by atoms with Crippen LogP contribution < -0.4 is 15.1 Å². The van der Waals surface area contributed by atoms with Gasteiger partial charge in [0.05, 0.1) is 11.6 Å². The van der Waals surface area contributed by atoms with Gasteiger partial charge in [0.1, 0.15) is 0 Å². The molecule has 1 atom stereocenters. The molecule has 1 aromatic heterocycles. The van der Waals surface area contributed by atoms with Crippen molar-refractivity contribution in [1.29, 1.82) is 0 Å². The molecule has 2 heterocycles. The Balaban J connectivity index is 1.39. The van der Waals surface area contributed by atoms with Crippen molar-refractivity contribution in [3.8, 4) is 11.3 Å². The predicted molar refractivity (Wildman–Crippen MR) is 127 cm³/mol. The highest BCUT2D eigenvalue weighted by molar-refractivity contribution is 6.30. The van der Waals surface area contributed by atoms with E-state index in [0.717, 1.165) is 47.8 Å². The molecule has 0 bridgehead atoms. The highest BCUT2D eigenvalue weighted by Crippen LogP contribution is 2.25. The molecule has 1 N–H and O–H groups in total. The molecule has 1 unspecified atom stereocenters. The third-order valence-electron chi connectivity index (χ3n) is 5.56. The van der Waals surface area contributed by atoms with Crippen molar-refractivity contribution in [2.75, 3.05) is 42.3 Å². The molecular weight excluding hydrogens is 410 g/mol. The molecule has 6 nitrogen and oxygen atoms in total. The summed E-state index contributed by atoms with van der Waals surface area (Å²) >= 11 is 5.96. The van der Waals surface area contributed by atoms with Crippen molar-refractivity contribution >= 4 is 34.7 Å². The second kappa shape index (κ2) is 9.35. The zero-order valence-corrected chi connectivity index (χ0v) is 18.5. The minimum atomic E-state index is -0.0833. The molecule has 0 aliphatic carbocycles. The van der Waals surface area contributed by atoms with Gasteiger partial charge in [0, 0.05) is 49.1 Å². The number of hydrogen-bond acceptors (Lipinski definition) is 5. The van der Waals surface area contributed by atoms with Gasteiger partial charge in [-0.3, -0.25) is 4.79 Å². The van der Waals surface area contributed by atoms with E-state index in [9.17, 15) is 4.79 Å². The van der Waals surface area contributed by atoms with Crippen LogP contribution in [0.15, 0.2) is 60.7 Å². The van der Waals surface area contributed by atoms with E-state index in [-0.39, 0.29) is 11.8 Å². The Morgan fingerprint density at radius 1 is 1.03 bits per heavy atom. The van der Waals surface area contributed by atoms with Crippen molar-refractivity contribution < 1.29 is 4.79 Å². The second-order valence-electron chi connectivity index (χ2n) is 8.00. The molecule has 0 spiro atoms. The molecule has 160 valence electrons. The molecule has 0 saturated carbocycles. The quantitative estimate of drug-likeness (QED) is 0.628. The molecule has 7 heteroatoms. The van der Waals surface area contributed by atoms with Gasteiger partial charge >= 0.3 is 0 Å². The first-order chi connectivity index (χ1) is 15.0. The van der Waals surface area contributed by atoms with Crippen molar-refractivity contribution in [3.63, 3.8) is 0 Å². The SMILES string of the molecule is CN(C)c1ccc(NC(=O)C2CCCN(c3ccc(-c4ccc(Cl)cc4)nn3)C2)cc1. The van der Waals surface area contributed by atoms with E-state index < -0.39 is 0 Å². The van der Waals surface area contributed by atoms with Crippen molar-refractivity contribution in [2.24, 2.45) is 5.92 Å². The number of carbonyl (C=O) groups is 1. The average molecular weight is 436 g/mol. The molecule has 31 heavy (non-hydrogen) atoms. The number of benzene rings is 2. The van der Waals surface area contributed by atoms with Crippen LogP contribution in [0.3, 0.4) is 0 Å². The lowest BCUT2D eigenvalue weighted by atomic mass is 9.97. The Bertz CT molecular complexity index is 1020.